The molecule has 0 amide bonds. The lowest BCUT2D eigenvalue weighted by Crippen LogP contribution is -2.00. The Morgan fingerprint density at radius 1 is 0.938 bits per heavy atom. The molecule has 1 aromatic carbocycles. The van der Waals surface area contributed by atoms with Gasteiger partial charge in [-0.2, -0.15) is 0 Å². The van der Waals surface area contributed by atoms with Gasteiger partial charge in [-0.3, -0.25) is 0 Å². The van der Waals surface area contributed by atoms with E-state index in [0.717, 1.165) is 0 Å². The van der Waals surface area contributed by atoms with Crippen molar-refractivity contribution in [2.75, 3.05) is 27.9 Å². The van der Waals surface area contributed by atoms with Gasteiger partial charge < -0.3 is 18.9 Å². The molecular formula is C12H17O4. The van der Waals surface area contributed by atoms with Crippen molar-refractivity contribution in [3.8, 4) is 23.0 Å². The largest absolute Gasteiger partial charge is 0.493 e. The van der Waals surface area contributed by atoms with Gasteiger partial charge in [0.05, 0.1) is 27.9 Å². The topological polar surface area (TPSA) is 36.9 Å². The lowest BCUT2D eigenvalue weighted by Gasteiger charge is -2.15. The minimum Gasteiger partial charge on any atom is -0.493 e. The van der Waals surface area contributed by atoms with E-state index in [4.69, 9.17) is 18.9 Å². The molecule has 0 spiro atoms. The van der Waals surface area contributed by atoms with Gasteiger partial charge in [0.2, 0.25) is 11.5 Å². The van der Waals surface area contributed by atoms with Crippen LogP contribution in [0.1, 0.15) is 6.42 Å². The highest BCUT2D eigenvalue weighted by molar-refractivity contribution is 5.58. The first-order valence-electron chi connectivity index (χ1n) is 4.99. The molecule has 0 atom stereocenters. The van der Waals surface area contributed by atoms with E-state index in [2.05, 4.69) is 6.92 Å². The van der Waals surface area contributed by atoms with Crippen LogP contribution < -0.4 is 18.9 Å². The fourth-order valence-corrected chi connectivity index (χ4v) is 1.37. The SMILES string of the molecule is [CH2]CCOc1ccc(OC)c(OC)c1OC. The normalized spacial score (nSPS) is 9.75. The van der Waals surface area contributed by atoms with E-state index in [1.807, 2.05) is 0 Å². The van der Waals surface area contributed by atoms with Gasteiger partial charge in [0.25, 0.3) is 0 Å². The van der Waals surface area contributed by atoms with Gasteiger partial charge in [-0.1, -0.05) is 0 Å². The summed E-state index contributed by atoms with van der Waals surface area (Å²) in [5, 5.41) is 0. The Hall–Kier alpha value is -1.58. The van der Waals surface area contributed by atoms with Crippen LogP contribution in [-0.4, -0.2) is 27.9 Å². The molecule has 89 valence electrons. The molecule has 4 heteroatoms. The first-order valence-corrected chi connectivity index (χ1v) is 4.99. The van der Waals surface area contributed by atoms with Crippen LogP contribution >= 0.6 is 0 Å². The highest BCUT2D eigenvalue weighted by Gasteiger charge is 2.16. The Bertz CT molecular complexity index is 336. The molecule has 0 unspecified atom stereocenters. The number of hydrogen-bond donors (Lipinski definition) is 0. The van der Waals surface area contributed by atoms with E-state index in [-0.39, 0.29) is 0 Å². The monoisotopic (exact) mass is 225 g/mol. The van der Waals surface area contributed by atoms with Gasteiger partial charge in [-0.05, 0) is 25.5 Å². The standard InChI is InChI=1S/C12H17O4/c1-5-8-16-10-7-6-9(13-2)11(14-3)12(10)15-4/h6-7H,1,5,8H2,2-4H3. The number of methoxy groups -OCH3 is 3. The lowest BCUT2D eigenvalue weighted by molar-refractivity contribution is 0.280. The Labute approximate surface area is 96.1 Å². The molecule has 0 aliphatic carbocycles. The summed E-state index contributed by atoms with van der Waals surface area (Å²) in [4.78, 5) is 0. The van der Waals surface area contributed by atoms with Crippen molar-refractivity contribution in [1.82, 2.24) is 0 Å². The molecule has 0 aliphatic heterocycles. The third-order valence-corrected chi connectivity index (χ3v) is 2.07. The zero-order valence-corrected chi connectivity index (χ0v) is 9.91. The smallest absolute Gasteiger partial charge is 0.207 e. The summed E-state index contributed by atoms with van der Waals surface area (Å²) < 4.78 is 21.2. The molecule has 16 heavy (non-hydrogen) atoms. The zero-order chi connectivity index (χ0) is 12.0. The Kier molecular flexibility index (Phi) is 4.76. The van der Waals surface area contributed by atoms with Gasteiger partial charge in [0.1, 0.15) is 0 Å². The van der Waals surface area contributed by atoms with Crippen LogP contribution in [0.4, 0.5) is 0 Å². The maximum absolute atomic E-state index is 5.50. The molecule has 0 aliphatic rings. The van der Waals surface area contributed by atoms with Crippen molar-refractivity contribution in [2.24, 2.45) is 0 Å². The zero-order valence-electron chi connectivity index (χ0n) is 9.91. The van der Waals surface area contributed by atoms with Crippen LogP contribution in [0.2, 0.25) is 0 Å². The molecule has 0 fully saturated rings. The van der Waals surface area contributed by atoms with E-state index in [1.54, 1.807) is 33.5 Å². The molecule has 0 heterocycles. The number of rotatable bonds is 6. The number of hydrogen-bond acceptors (Lipinski definition) is 4. The molecular weight excluding hydrogens is 208 g/mol. The van der Waals surface area contributed by atoms with Crippen molar-refractivity contribution >= 4 is 0 Å². The lowest BCUT2D eigenvalue weighted by atomic mass is 10.2. The van der Waals surface area contributed by atoms with Crippen LogP contribution in [0, 0.1) is 6.92 Å². The summed E-state index contributed by atoms with van der Waals surface area (Å²) in [5.74, 6) is 2.31. The first kappa shape index (κ1) is 12.5. The Morgan fingerprint density at radius 2 is 1.50 bits per heavy atom. The van der Waals surface area contributed by atoms with Gasteiger partial charge in [0.15, 0.2) is 11.5 Å². The Balaban J connectivity index is 3.10. The molecule has 4 nitrogen and oxygen atoms in total. The van der Waals surface area contributed by atoms with Crippen LogP contribution in [-0.2, 0) is 0 Å². The van der Waals surface area contributed by atoms with Crippen molar-refractivity contribution in [3.63, 3.8) is 0 Å². The second kappa shape index (κ2) is 6.10. The van der Waals surface area contributed by atoms with Crippen molar-refractivity contribution in [1.29, 1.82) is 0 Å². The average Bonchev–Trinajstić information content (AvgIpc) is 2.34. The number of benzene rings is 1. The average molecular weight is 225 g/mol. The van der Waals surface area contributed by atoms with Gasteiger partial charge in [-0.15, -0.1) is 0 Å². The van der Waals surface area contributed by atoms with Gasteiger partial charge >= 0.3 is 0 Å². The van der Waals surface area contributed by atoms with Gasteiger partial charge in [-0.25, -0.2) is 0 Å². The summed E-state index contributed by atoms with van der Waals surface area (Å²) in [7, 11) is 4.70. The second-order valence-electron chi connectivity index (χ2n) is 3.03. The molecule has 1 aromatic rings. The summed E-state index contributed by atoms with van der Waals surface area (Å²) in [6, 6.07) is 3.57. The fraction of sp³-hybridized carbons (Fsp3) is 0.417. The maximum atomic E-state index is 5.50. The molecule has 0 saturated heterocycles. The minimum absolute atomic E-state index is 0.534. The predicted molar refractivity (Wildman–Crippen MR) is 61.6 cm³/mol. The molecule has 1 rings (SSSR count). The summed E-state index contributed by atoms with van der Waals surface area (Å²) in [5.41, 5.74) is 0. The third-order valence-electron chi connectivity index (χ3n) is 2.07. The molecule has 0 aromatic heterocycles. The summed E-state index contributed by atoms with van der Waals surface area (Å²) in [6.45, 7) is 4.24. The quantitative estimate of drug-likeness (QED) is 0.744. The van der Waals surface area contributed by atoms with E-state index >= 15 is 0 Å². The summed E-state index contributed by atoms with van der Waals surface area (Å²) >= 11 is 0. The Morgan fingerprint density at radius 3 is 2.00 bits per heavy atom. The maximum Gasteiger partial charge on any atom is 0.207 e. The van der Waals surface area contributed by atoms with E-state index < -0.39 is 0 Å². The predicted octanol–water partition coefficient (Wildman–Crippen LogP) is 2.32. The van der Waals surface area contributed by atoms with Crippen LogP contribution in [0.5, 0.6) is 23.0 Å². The van der Waals surface area contributed by atoms with Crippen LogP contribution in [0.25, 0.3) is 0 Å². The highest BCUT2D eigenvalue weighted by atomic mass is 16.5. The molecule has 0 bridgehead atoms. The minimum atomic E-state index is 0.534. The number of ether oxygens (including phenoxy) is 4. The van der Waals surface area contributed by atoms with Crippen LogP contribution in [0.3, 0.4) is 0 Å². The first-order chi connectivity index (χ1) is 7.78. The van der Waals surface area contributed by atoms with E-state index in [0.29, 0.717) is 36.0 Å². The highest BCUT2D eigenvalue weighted by Crippen LogP contribution is 2.43. The van der Waals surface area contributed by atoms with Crippen molar-refractivity contribution in [3.05, 3.63) is 19.1 Å². The third kappa shape index (κ3) is 2.51. The van der Waals surface area contributed by atoms with Crippen molar-refractivity contribution < 1.29 is 18.9 Å². The van der Waals surface area contributed by atoms with E-state index in [9.17, 15) is 0 Å². The second-order valence-corrected chi connectivity index (χ2v) is 3.03. The molecule has 0 saturated carbocycles. The molecule has 0 N–H and O–H groups in total. The van der Waals surface area contributed by atoms with Crippen LogP contribution in [0.15, 0.2) is 12.1 Å². The molecule has 1 radical (unpaired) electrons. The van der Waals surface area contributed by atoms with Gasteiger partial charge in [0, 0.05) is 0 Å². The van der Waals surface area contributed by atoms with Crippen molar-refractivity contribution in [2.45, 2.75) is 6.42 Å². The fourth-order valence-electron chi connectivity index (χ4n) is 1.37. The van der Waals surface area contributed by atoms with E-state index in [1.165, 1.54) is 0 Å². The summed E-state index contributed by atoms with van der Waals surface area (Å²) in [6.07, 6.45) is 0.692.